The van der Waals surface area contributed by atoms with Gasteiger partial charge in [0.25, 0.3) is 0 Å². The predicted molar refractivity (Wildman–Crippen MR) is 57.8 cm³/mol. The van der Waals surface area contributed by atoms with Crippen molar-refractivity contribution in [1.82, 2.24) is 0 Å². The van der Waals surface area contributed by atoms with Gasteiger partial charge in [0.1, 0.15) is 0 Å². The third-order valence-corrected chi connectivity index (χ3v) is 1.67. The van der Waals surface area contributed by atoms with E-state index in [1.165, 1.54) is 5.37 Å². The number of hydrogen-bond acceptors (Lipinski definition) is 3. The first-order valence-electron chi connectivity index (χ1n) is 3.82. The normalized spacial score (nSPS) is 9.23. The number of anilines is 2. The van der Waals surface area contributed by atoms with Crippen LogP contribution in [0.5, 0.6) is 0 Å². The highest BCUT2D eigenvalue weighted by Gasteiger charge is 2.01. The number of hydrogen-bond donors (Lipinski definition) is 2. The Morgan fingerprint density at radius 3 is 2.85 bits per heavy atom. The van der Waals surface area contributed by atoms with Crippen molar-refractivity contribution in [3.05, 3.63) is 24.3 Å². The van der Waals surface area contributed by atoms with Crippen LogP contribution in [0.4, 0.5) is 11.4 Å². The van der Waals surface area contributed by atoms with Crippen molar-refractivity contribution < 1.29 is 4.79 Å². The molecule has 4 heteroatoms. The Hall–Kier alpha value is -1.42. The highest BCUT2D eigenvalue weighted by Crippen LogP contribution is 2.16. The smallest absolute Gasteiger partial charge is 0.229 e. The lowest BCUT2D eigenvalue weighted by molar-refractivity contribution is -0.115. The molecule has 0 radical (unpaired) electrons. The van der Waals surface area contributed by atoms with Gasteiger partial charge in [0, 0.05) is 0 Å². The average Bonchev–Trinajstić information content (AvgIpc) is 2.09. The number of rotatable bonds is 3. The lowest BCUT2D eigenvalue weighted by Gasteiger charge is -2.05. The molecule has 1 amide bonds. The highest BCUT2D eigenvalue weighted by atomic mass is 32.1. The molecule has 0 unspecified atom stereocenters. The SMILES string of the molecule is Nc1ccccc1NC(=O)CC=S. The Kier molecular flexibility index (Phi) is 3.40. The predicted octanol–water partition coefficient (Wildman–Crippen LogP) is 1.60. The van der Waals surface area contributed by atoms with Crippen LogP contribution >= 0.6 is 12.2 Å². The van der Waals surface area contributed by atoms with E-state index in [-0.39, 0.29) is 12.3 Å². The fourth-order valence-electron chi connectivity index (χ4n) is 0.888. The molecule has 0 aliphatic rings. The van der Waals surface area contributed by atoms with Crippen molar-refractivity contribution in [2.45, 2.75) is 6.42 Å². The second-order valence-corrected chi connectivity index (χ2v) is 2.84. The first-order chi connectivity index (χ1) is 6.24. The molecule has 0 atom stereocenters. The Labute approximate surface area is 81.9 Å². The molecule has 0 aliphatic carbocycles. The van der Waals surface area contributed by atoms with E-state index in [0.29, 0.717) is 11.4 Å². The number of carbonyl (C=O) groups excluding carboxylic acids is 1. The van der Waals surface area contributed by atoms with Crippen molar-refractivity contribution in [3.63, 3.8) is 0 Å². The van der Waals surface area contributed by atoms with Crippen LogP contribution in [0.1, 0.15) is 6.42 Å². The largest absolute Gasteiger partial charge is 0.397 e. The minimum atomic E-state index is -0.145. The maximum atomic E-state index is 11.1. The highest BCUT2D eigenvalue weighted by molar-refractivity contribution is 7.79. The molecule has 3 N–H and O–H groups in total. The molecule has 0 aromatic heterocycles. The monoisotopic (exact) mass is 194 g/mol. The molecular formula is C9H10N2OS. The van der Waals surface area contributed by atoms with E-state index in [2.05, 4.69) is 17.5 Å². The van der Waals surface area contributed by atoms with Gasteiger partial charge in [-0.05, 0) is 17.5 Å². The van der Waals surface area contributed by atoms with Crippen LogP contribution in [-0.2, 0) is 4.79 Å². The summed E-state index contributed by atoms with van der Waals surface area (Å²) in [5.74, 6) is -0.145. The number of para-hydroxylation sites is 2. The van der Waals surface area contributed by atoms with Crippen LogP contribution in [0.3, 0.4) is 0 Å². The van der Waals surface area contributed by atoms with Gasteiger partial charge in [-0.15, -0.1) is 0 Å². The molecule has 3 nitrogen and oxygen atoms in total. The van der Waals surface area contributed by atoms with E-state index >= 15 is 0 Å². The second-order valence-electron chi connectivity index (χ2n) is 2.51. The van der Waals surface area contributed by atoms with Crippen molar-refractivity contribution in [1.29, 1.82) is 0 Å². The van der Waals surface area contributed by atoms with Crippen molar-refractivity contribution in [2.75, 3.05) is 11.1 Å². The van der Waals surface area contributed by atoms with E-state index in [4.69, 9.17) is 5.73 Å². The molecule has 13 heavy (non-hydrogen) atoms. The van der Waals surface area contributed by atoms with Crippen LogP contribution in [0, 0.1) is 0 Å². The average molecular weight is 194 g/mol. The summed E-state index contributed by atoms with van der Waals surface area (Å²) in [5.41, 5.74) is 6.80. The molecule has 1 aromatic rings. The summed E-state index contributed by atoms with van der Waals surface area (Å²) in [6.07, 6.45) is 0.226. The number of amides is 1. The molecular weight excluding hydrogens is 184 g/mol. The third-order valence-electron chi connectivity index (χ3n) is 1.50. The maximum Gasteiger partial charge on any atom is 0.229 e. The van der Waals surface area contributed by atoms with E-state index in [1.54, 1.807) is 12.1 Å². The van der Waals surface area contributed by atoms with Crippen LogP contribution in [0.25, 0.3) is 0 Å². The fraction of sp³-hybridized carbons (Fsp3) is 0.111. The van der Waals surface area contributed by atoms with Crippen molar-refractivity contribution >= 4 is 34.9 Å². The number of nitrogen functional groups attached to an aromatic ring is 1. The molecule has 0 heterocycles. The molecule has 0 saturated carbocycles. The second kappa shape index (κ2) is 4.57. The minimum Gasteiger partial charge on any atom is -0.397 e. The molecule has 0 saturated heterocycles. The van der Waals surface area contributed by atoms with Gasteiger partial charge >= 0.3 is 0 Å². The Bertz CT molecular complexity index is 325. The van der Waals surface area contributed by atoms with Crippen molar-refractivity contribution in [2.24, 2.45) is 0 Å². The Morgan fingerprint density at radius 1 is 1.54 bits per heavy atom. The third kappa shape index (κ3) is 2.83. The van der Waals surface area contributed by atoms with Crippen molar-refractivity contribution in [3.8, 4) is 0 Å². The zero-order valence-electron chi connectivity index (χ0n) is 6.99. The zero-order chi connectivity index (χ0) is 9.68. The van der Waals surface area contributed by atoms with Gasteiger partial charge in [0.2, 0.25) is 5.91 Å². The first kappa shape index (κ1) is 9.67. The lowest BCUT2D eigenvalue weighted by Crippen LogP contribution is -2.12. The summed E-state index contributed by atoms with van der Waals surface area (Å²) in [7, 11) is 0. The summed E-state index contributed by atoms with van der Waals surface area (Å²) >= 11 is 4.56. The molecule has 0 spiro atoms. The van der Waals surface area contributed by atoms with Gasteiger partial charge < -0.3 is 11.1 Å². The molecule has 1 aromatic carbocycles. The summed E-state index contributed by atoms with van der Waals surface area (Å²) in [4.78, 5) is 11.1. The standard InChI is InChI=1S/C9H10N2OS/c10-7-3-1-2-4-8(7)11-9(12)5-6-13/h1-4,6H,5,10H2,(H,11,12). The van der Waals surface area contributed by atoms with Gasteiger partial charge in [0.15, 0.2) is 0 Å². The first-order valence-corrected chi connectivity index (χ1v) is 4.29. The Morgan fingerprint density at radius 2 is 2.23 bits per heavy atom. The number of benzene rings is 1. The van der Waals surface area contributed by atoms with Crippen LogP contribution in [-0.4, -0.2) is 11.3 Å². The number of nitrogens with two attached hydrogens (primary N) is 1. The summed E-state index contributed by atoms with van der Waals surface area (Å²) in [5, 5.41) is 4.03. The lowest BCUT2D eigenvalue weighted by atomic mass is 10.2. The molecule has 1 rings (SSSR count). The molecule has 0 fully saturated rings. The maximum absolute atomic E-state index is 11.1. The van der Waals surface area contributed by atoms with Gasteiger partial charge in [-0.25, -0.2) is 0 Å². The number of thiocarbonyl (C=S) groups is 1. The fourth-order valence-corrected chi connectivity index (χ4v) is 1.04. The van der Waals surface area contributed by atoms with Crippen LogP contribution < -0.4 is 11.1 Å². The van der Waals surface area contributed by atoms with Gasteiger partial charge in [-0.2, -0.15) is 0 Å². The van der Waals surface area contributed by atoms with Gasteiger partial charge in [0.05, 0.1) is 17.8 Å². The summed E-state index contributed by atoms with van der Waals surface area (Å²) in [6, 6.07) is 7.09. The Balaban J connectivity index is 2.68. The van der Waals surface area contributed by atoms with Gasteiger partial charge in [-0.3, -0.25) is 4.79 Å². The van der Waals surface area contributed by atoms with E-state index < -0.39 is 0 Å². The van der Waals surface area contributed by atoms with E-state index in [1.807, 2.05) is 12.1 Å². The molecule has 68 valence electrons. The van der Waals surface area contributed by atoms with E-state index in [0.717, 1.165) is 0 Å². The number of carbonyl (C=O) groups is 1. The van der Waals surface area contributed by atoms with Crippen LogP contribution in [0.15, 0.2) is 24.3 Å². The number of nitrogens with one attached hydrogen (secondary N) is 1. The topological polar surface area (TPSA) is 55.1 Å². The molecule has 0 bridgehead atoms. The summed E-state index contributed by atoms with van der Waals surface area (Å²) in [6.45, 7) is 0. The zero-order valence-corrected chi connectivity index (χ0v) is 7.80. The van der Waals surface area contributed by atoms with Crippen LogP contribution in [0.2, 0.25) is 0 Å². The van der Waals surface area contributed by atoms with Gasteiger partial charge in [-0.1, -0.05) is 24.4 Å². The summed E-state index contributed by atoms with van der Waals surface area (Å²) < 4.78 is 0. The molecule has 0 aliphatic heterocycles. The minimum absolute atomic E-state index is 0.145. The quantitative estimate of drug-likeness (QED) is 0.567. The van der Waals surface area contributed by atoms with E-state index in [9.17, 15) is 4.79 Å².